The zero-order valence-electron chi connectivity index (χ0n) is 31.6. The lowest BCUT2D eigenvalue weighted by molar-refractivity contribution is -0.139. The fourth-order valence-corrected chi connectivity index (χ4v) is 10.6. The molecule has 5 fully saturated rings. The molecule has 0 radical (unpaired) electrons. The normalized spacial score (nSPS) is 27.3. The van der Waals surface area contributed by atoms with Gasteiger partial charge < -0.3 is 24.5 Å². The van der Waals surface area contributed by atoms with Gasteiger partial charge in [0.25, 0.3) is 5.91 Å². The van der Waals surface area contributed by atoms with E-state index in [0.29, 0.717) is 45.6 Å². The molecule has 56 heavy (non-hydrogen) atoms. The van der Waals surface area contributed by atoms with Gasteiger partial charge in [-0.15, -0.1) is 0 Å². The number of imide groups is 1. The van der Waals surface area contributed by atoms with Crippen molar-refractivity contribution in [1.82, 2.24) is 15.1 Å². The van der Waals surface area contributed by atoms with Gasteiger partial charge >= 0.3 is 0 Å². The van der Waals surface area contributed by atoms with Crippen LogP contribution in [0.25, 0.3) is 0 Å². The van der Waals surface area contributed by atoms with Crippen molar-refractivity contribution in [3.8, 4) is 11.8 Å². The van der Waals surface area contributed by atoms with Gasteiger partial charge in [0, 0.05) is 73.5 Å². The molecular formula is C44H49ClN6O5. The molecule has 0 spiro atoms. The number of halogens is 1. The highest BCUT2D eigenvalue weighted by Crippen LogP contribution is 2.42. The highest BCUT2D eigenvalue weighted by atomic mass is 35.5. The zero-order chi connectivity index (χ0) is 38.5. The third-order valence-corrected chi connectivity index (χ3v) is 13.7. The molecule has 9 rings (SSSR count). The number of nitriles is 1. The number of aliphatic hydroxyl groups excluding tert-OH is 1. The van der Waals surface area contributed by atoms with E-state index in [1.54, 1.807) is 6.07 Å². The first kappa shape index (κ1) is 37.0. The predicted octanol–water partition coefficient (Wildman–Crippen LogP) is 6.14. The van der Waals surface area contributed by atoms with Gasteiger partial charge in [-0.3, -0.25) is 24.6 Å². The van der Waals surface area contributed by atoms with Crippen LogP contribution < -0.4 is 19.9 Å². The number of nitrogens with one attached hydrogen (secondary N) is 1. The molecule has 0 aromatic heterocycles. The molecule has 0 saturated carbocycles. The lowest BCUT2D eigenvalue weighted by Crippen LogP contribution is -2.53. The van der Waals surface area contributed by atoms with Crippen LogP contribution in [0.4, 0.5) is 11.4 Å². The number of fused-ring (bicyclic) bond motifs is 3. The summed E-state index contributed by atoms with van der Waals surface area (Å²) >= 11 is 6.38. The molecule has 12 heteroatoms. The second-order valence-corrected chi connectivity index (χ2v) is 17.1. The molecule has 0 aliphatic carbocycles. The molecular weight excluding hydrogens is 728 g/mol. The van der Waals surface area contributed by atoms with E-state index in [0.717, 1.165) is 101 Å². The summed E-state index contributed by atoms with van der Waals surface area (Å²) in [5, 5.41) is 23.1. The van der Waals surface area contributed by atoms with E-state index in [-0.39, 0.29) is 30.8 Å². The molecule has 6 aliphatic rings. The second-order valence-electron chi connectivity index (χ2n) is 16.7. The molecule has 3 aromatic rings. The summed E-state index contributed by atoms with van der Waals surface area (Å²) in [4.78, 5) is 46.2. The van der Waals surface area contributed by atoms with Crippen molar-refractivity contribution in [2.24, 2.45) is 5.92 Å². The molecule has 11 nitrogen and oxygen atoms in total. The fraction of sp³-hybridized carbons (Fsp3) is 0.500. The van der Waals surface area contributed by atoms with Crippen LogP contribution in [0.1, 0.15) is 103 Å². The van der Waals surface area contributed by atoms with E-state index in [4.69, 9.17) is 16.3 Å². The van der Waals surface area contributed by atoms with Gasteiger partial charge in [0.15, 0.2) is 6.23 Å². The maximum Gasteiger partial charge on any atom is 0.257 e. The summed E-state index contributed by atoms with van der Waals surface area (Å²) < 4.78 is 6.57. The Morgan fingerprint density at radius 2 is 1.54 bits per heavy atom. The largest absolute Gasteiger partial charge is 0.490 e. The maximum absolute atomic E-state index is 13.4. The highest BCUT2D eigenvalue weighted by molar-refractivity contribution is 6.32. The minimum absolute atomic E-state index is 0.147. The molecule has 3 aromatic carbocycles. The molecule has 5 saturated heterocycles. The number of ether oxygens (including phenoxy) is 1. The number of piperidine rings is 4. The van der Waals surface area contributed by atoms with Crippen molar-refractivity contribution in [2.45, 2.75) is 101 Å². The van der Waals surface area contributed by atoms with Crippen LogP contribution >= 0.6 is 11.6 Å². The zero-order valence-corrected chi connectivity index (χ0v) is 32.4. The van der Waals surface area contributed by atoms with Crippen molar-refractivity contribution in [3.05, 3.63) is 87.9 Å². The van der Waals surface area contributed by atoms with E-state index >= 15 is 0 Å². The van der Waals surface area contributed by atoms with Crippen LogP contribution in [0.5, 0.6) is 5.75 Å². The summed E-state index contributed by atoms with van der Waals surface area (Å²) in [6.07, 6.45) is 8.12. The summed E-state index contributed by atoms with van der Waals surface area (Å²) in [6.45, 7) is 5.15. The van der Waals surface area contributed by atoms with E-state index in [1.165, 1.54) is 10.5 Å². The summed E-state index contributed by atoms with van der Waals surface area (Å²) in [5.41, 5.74) is 4.94. The van der Waals surface area contributed by atoms with Crippen LogP contribution in [0.2, 0.25) is 5.02 Å². The first-order chi connectivity index (χ1) is 27.2. The van der Waals surface area contributed by atoms with Crippen molar-refractivity contribution in [2.75, 3.05) is 42.5 Å². The topological polar surface area (TPSA) is 129 Å². The summed E-state index contributed by atoms with van der Waals surface area (Å²) in [7, 11) is 0. The average molecular weight is 777 g/mol. The van der Waals surface area contributed by atoms with E-state index in [1.807, 2.05) is 30.3 Å². The molecule has 4 atom stereocenters. The van der Waals surface area contributed by atoms with Crippen LogP contribution in [0.15, 0.2) is 60.7 Å². The quantitative estimate of drug-likeness (QED) is 0.260. The van der Waals surface area contributed by atoms with Crippen molar-refractivity contribution in [3.63, 3.8) is 0 Å². The second kappa shape index (κ2) is 15.4. The van der Waals surface area contributed by atoms with Crippen LogP contribution in [0.3, 0.4) is 0 Å². The number of hydrogen-bond acceptors (Lipinski definition) is 9. The Labute approximate surface area is 333 Å². The van der Waals surface area contributed by atoms with Gasteiger partial charge in [-0.25, -0.2) is 0 Å². The Bertz CT molecular complexity index is 2020. The molecule has 2 bridgehead atoms. The highest BCUT2D eigenvalue weighted by Gasteiger charge is 2.45. The SMILES string of the molecule is N#Cc1ccc(N2C3CCC2CC(Oc2ccc(C4CCN(CC5CCN(c6ccc7c(c6)C(=O)N(C6CCC(=O)NC6=O)C7O)CC5)CC4)cc2)C3)cc1Cl. The minimum Gasteiger partial charge on any atom is -0.490 e. The predicted molar refractivity (Wildman–Crippen MR) is 213 cm³/mol. The van der Waals surface area contributed by atoms with E-state index in [2.05, 4.69) is 50.4 Å². The number of anilines is 2. The molecule has 3 amide bonds. The first-order valence-corrected chi connectivity index (χ1v) is 20.8. The minimum atomic E-state index is -1.20. The molecule has 2 N–H and O–H groups in total. The Kier molecular flexibility index (Phi) is 10.1. The standard InChI is InChI=1S/C44H49ClN6O5/c45-39-24-34(4-1-30(39)25-46)50-32-5-6-33(50)22-36(21-32)56-35-8-2-28(3-9-35)29-15-17-48(18-16-29)26-27-13-19-49(20-14-27)31-7-10-37-38(23-31)44(55)51(43(37)54)40-11-12-41(52)47-42(40)53/h1-4,7-10,23-24,27,29,32-33,36,40,43,54H,5-6,11-22,26H2,(H,47,52,53). The van der Waals surface area contributed by atoms with Gasteiger partial charge in [0.05, 0.1) is 10.6 Å². The fourth-order valence-electron chi connectivity index (χ4n) is 10.4. The molecule has 292 valence electrons. The van der Waals surface area contributed by atoms with Crippen LogP contribution in [0, 0.1) is 17.2 Å². The number of carbonyl (C=O) groups is 3. The van der Waals surface area contributed by atoms with Gasteiger partial charge in [0.2, 0.25) is 11.8 Å². The first-order valence-electron chi connectivity index (χ1n) is 20.4. The maximum atomic E-state index is 13.4. The third kappa shape index (κ3) is 7.12. The van der Waals surface area contributed by atoms with Gasteiger partial charge in [-0.1, -0.05) is 29.8 Å². The third-order valence-electron chi connectivity index (χ3n) is 13.4. The van der Waals surface area contributed by atoms with Gasteiger partial charge in [-0.2, -0.15) is 5.26 Å². The summed E-state index contributed by atoms with van der Waals surface area (Å²) in [6, 6.07) is 22.5. The van der Waals surface area contributed by atoms with E-state index < -0.39 is 18.2 Å². The number of carbonyl (C=O) groups excluding carboxylic acids is 3. The number of likely N-dealkylation sites (tertiary alicyclic amines) is 1. The van der Waals surface area contributed by atoms with Crippen molar-refractivity contribution in [1.29, 1.82) is 5.26 Å². The Morgan fingerprint density at radius 1 is 0.821 bits per heavy atom. The Balaban J connectivity index is 0.723. The molecule has 4 unspecified atom stereocenters. The number of benzene rings is 3. The summed E-state index contributed by atoms with van der Waals surface area (Å²) in [5.74, 6) is 0.902. The average Bonchev–Trinajstić information content (AvgIpc) is 3.62. The number of nitrogens with zero attached hydrogens (tertiary/aromatic N) is 5. The molecule has 6 heterocycles. The van der Waals surface area contributed by atoms with Gasteiger partial charge in [0.1, 0.15) is 24.0 Å². The van der Waals surface area contributed by atoms with Crippen molar-refractivity contribution >= 4 is 40.7 Å². The number of amides is 3. The van der Waals surface area contributed by atoms with Gasteiger partial charge in [-0.05, 0) is 118 Å². The molecule has 6 aliphatic heterocycles. The van der Waals surface area contributed by atoms with Crippen LogP contribution in [-0.2, 0) is 9.59 Å². The number of aliphatic hydroxyl groups is 1. The lowest BCUT2D eigenvalue weighted by Gasteiger charge is -2.40. The Morgan fingerprint density at radius 3 is 2.21 bits per heavy atom. The monoisotopic (exact) mass is 776 g/mol. The smallest absolute Gasteiger partial charge is 0.257 e. The number of hydrogen-bond donors (Lipinski definition) is 2. The van der Waals surface area contributed by atoms with Crippen molar-refractivity contribution < 1.29 is 24.2 Å². The van der Waals surface area contributed by atoms with Crippen LogP contribution in [-0.4, -0.2) is 89.6 Å². The Hall–Kier alpha value is -4.63. The number of rotatable bonds is 8. The van der Waals surface area contributed by atoms with E-state index in [9.17, 15) is 24.8 Å². The lowest BCUT2D eigenvalue weighted by atomic mass is 9.88.